The van der Waals surface area contributed by atoms with E-state index in [-0.39, 0.29) is 18.2 Å². The summed E-state index contributed by atoms with van der Waals surface area (Å²) in [5.41, 5.74) is 1.83. The molecule has 2 aromatic rings. The third-order valence-electron chi connectivity index (χ3n) is 3.41. The van der Waals surface area contributed by atoms with Crippen molar-refractivity contribution in [3.8, 4) is 17.0 Å². The van der Waals surface area contributed by atoms with Gasteiger partial charge in [0.25, 0.3) is 0 Å². The third-order valence-corrected chi connectivity index (χ3v) is 3.41. The van der Waals surface area contributed by atoms with Crippen LogP contribution < -0.4 is 4.74 Å². The summed E-state index contributed by atoms with van der Waals surface area (Å²) < 4.78 is 24.3. The average molecular weight is 302 g/mol. The first-order valence-electron chi connectivity index (χ1n) is 7.04. The minimum absolute atomic E-state index is 0.0596. The number of benzene rings is 1. The number of fused-ring (bicyclic) bond motifs is 3. The highest BCUT2D eigenvalue weighted by Gasteiger charge is 2.30. The van der Waals surface area contributed by atoms with Crippen molar-refractivity contribution < 1.29 is 18.7 Å². The smallest absolute Gasteiger partial charge is 0.309 e. The molecule has 0 saturated carbocycles. The predicted molar refractivity (Wildman–Crippen MR) is 76.8 cm³/mol. The maximum Gasteiger partial charge on any atom is 0.309 e. The Morgan fingerprint density at radius 1 is 1.45 bits per heavy atom. The van der Waals surface area contributed by atoms with Crippen molar-refractivity contribution in [3.05, 3.63) is 41.6 Å². The third kappa shape index (κ3) is 2.64. The summed E-state index contributed by atoms with van der Waals surface area (Å²) in [6.45, 7) is 3.82. The normalized spacial score (nSPS) is 15.5. The molecule has 1 atom stereocenters. The van der Waals surface area contributed by atoms with Gasteiger partial charge in [-0.25, -0.2) is 14.4 Å². The van der Waals surface area contributed by atoms with Crippen molar-refractivity contribution >= 4 is 5.97 Å². The highest BCUT2D eigenvalue weighted by molar-refractivity contribution is 5.75. The first kappa shape index (κ1) is 14.4. The van der Waals surface area contributed by atoms with E-state index in [0.29, 0.717) is 35.0 Å². The summed E-state index contributed by atoms with van der Waals surface area (Å²) in [5.74, 6) is 0.352. The summed E-state index contributed by atoms with van der Waals surface area (Å²) >= 11 is 0. The Morgan fingerprint density at radius 2 is 2.27 bits per heavy atom. The zero-order chi connectivity index (χ0) is 15.7. The molecular formula is C16H15FN2O3. The molecule has 0 fully saturated rings. The van der Waals surface area contributed by atoms with E-state index in [0.717, 1.165) is 0 Å². The van der Waals surface area contributed by atoms with Crippen molar-refractivity contribution in [2.45, 2.75) is 26.4 Å². The molecule has 1 aliphatic rings. The van der Waals surface area contributed by atoms with Gasteiger partial charge in [-0.2, -0.15) is 0 Å². The second-order valence-electron chi connectivity index (χ2n) is 4.98. The summed E-state index contributed by atoms with van der Waals surface area (Å²) in [6, 6.07) is 4.24. The lowest BCUT2D eigenvalue weighted by molar-refractivity contribution is -0.145. The van der Waals surface area contributed by atoms with Gasteiger partial charge in [-0.05, 0) is 32.0 Å². The number of aromatic nitrogens is 2. The second-order valence-corrected chi connectivity index (χ2v) is 4.98. The van der Waals surface area contributed by atoms with Crippen LogP contribution in [0.1, 0.15) is 30.8 Å². The van der Waals surface area contributed by atoms with Crippen molar-refractivity contribution in [2.24, 2.45) is 0 Å². The number of nitrogens with zero attached hydrogens (tertiary/aromatic N) is 2. The topological polar surface area (TPSA) is 61.3 Å². The van der Waals surface area contributed by atoms with Gasteiger partial charge in [0.15, 0.2) is 0 Å². The molecule has 6 heteroatoms. The van der Waals surface area contributed by atoms with Crippen LogP contribution in [0.15, 0.2) is 24.4 Å². The molecule has 1 aliphatic heterocycles. The quantitative estimate of drug-likeness (QED) is 0.816. The van der Waals surface area contributed by atoms with Crippen LogP contribution in [0.5, 0.6) is 5.75 Å². The molecule has 3 rings (SSSR count). The van der Waals surface area contributed by atoms with Gasteiger partial charge in [-0.1, -0.05) is 0 Å². The standard InChI is InChI=1S/C16H15FN2O3/c1-3-21-15(20)7-14-12-8-18-9(2)19-16(12)11-6-10(17)4-5-13(11)22-14/h4-6,8,14H,3,7H2,1-2H3. The zero-order valence-electron chi connectivity index (χ0n) is 12.3. The van der Waals surface area contributed by atoms with E-state index in [2.05, 4.69) is 9.97 Å². The number of carbonyl (C=O) groups is 1. The van der Waals surface area contributed by atoms with Crippen molar-refractivity contribution in [1.82, 2.24) is 9.97 Å². The molecule has 1 unspecified atom stereocenters. The largest absolute Gasteiger partial charge is 0.484 e. The lowest BCUT2D eigenvalue weighted by Crippen LogP contribution is -2.20. The van der Waals surface area contributed by atoms with Crippen molar-refractivity contribution in [2.75, 3.05) is 6.61 Å². The van der Waals surface area contributed by atoms with E-state index >= 15 is 0 Å². The Bertz CT molecular complexity index is 733. The SMILES string of the molecule is CCOC(=O)CC1Oc2ccc(F)cc2-c2nc(C)ncc21. The number of hydrogen-bond acceptors (Lipinski definition) is 5. The zero-order valence-corrected chi connectivity index (χ0v) is 12.3. The first-order valence-corrected chi connectivity index (χ1v) is 7.04. The molecular weight excluding hydrogens is 287 g/mol. The van der Waals surface area contributed by atoms with Crippen molar-refractivity contribution in [3.63, 3.8) is 0 Å². The molecule has 1 aromatic carbocycles. The van der Waals surface area contributed by atoms with E-state index in [1.807, 2.05) is 0 Å². The van der Waals surface area contributed by atoms with E-state index < -0.39 is 6.10 Å². The van der Waals surface area contributed by atoms with Gasteiger partial charge < -0.3 is 9.47 Å². The number of hydrogen-bond donors (Lipinski definition) is 0. The molecule has 0 aliphatic carbocycles. The Kier molecular flexibility index (Phi) is 3.75. The van der Waals surface area contributed by atoms with Crippen LogP contribution in [0.4, 0.5) is 4.39 Å². The van der Waals surface area contributed by atoms with Gasteiger partial charge in [-0.15, -0.1) is 0 Å². The predicted octanol–water partition coefficient (Wildman–Crippen LogP) is 2.98. The van der Waals surface area contributed by atoms with Crippen molar-refractivity contribution in [1.29, 1.82) is 0 Å². The van der Waals surface area contributed by atoms with Gasteiger partial charge in [0.2, 0.25) is 0 Å². The monoisotopic (exact) mass is 302 g/mol. The van der Waals surface area contributed by atoms with Gasteiger partial charge in [0.1, 0.15) is 23.5 Å². The fraction of sp³-hybridized carbons (Fsp3) is 0.312. The Balaban J connectivity index is 2.04. The van der Waals surface area contributed by atoms with Crippen LogP contribution in [0, 0.1) is 12.7 Å². The molecule has 0 N–H and O–H groups in total. The van der Waals surface area contributed by atoms with Gasteiger partial charge >= 0.3 is 5.97 Å². The molecule has 0 radical (unpaired) electrons. The fourth-order valence-corrected chi connectivity index (χ4v) is 2.46. The minimum atomic E-state index is -0.535. The highest BCUT2D eigenvalue weighted by Crippen LogP contribution is 2.42. The molecule has 0 bridgehead atoms. The summed E-state index contributed by atoms with van der Waals surface area (Å²) in [4.78, 5) is 20.3. The molecule has 1 aromatic heterocycles. The van der Waals surface area contributed by atoms with Gasteiger partial charge in [0, 0.05) is 17.3 Å². The molecule has 22 heavy (non-hydrogen) atoms. The van der Waals surface area contributed by atoms with E-state index in [9.17, 15) is 9.18 Å². The number of esters is 1. The number of halogens is 1. The maximum atomic E-state index is 13.5. The van der Waals surface area contributed by atoms with Crippen LogP contribution in [0.2, 0.25) is 0 Å². The van der Waals surface area contributed by atoms with E-state index in [1.165, 1.54) is 12.1 Å². The summed E-state index contributed by atoms with van der Waals surface area (Å²) in [6.07, 6.45) is 1.15. The molecule has 2 heterocycles. The Labute approximate surface area is 127 Å². The highest BCUT2D eigenvalue weighted by atomic mass is 19.1. The number of aryl methyl sites for hydroxylation is 1. The van der Waals surface area contributed by atoms with E-state index in [1.54, 1.807) is 26.1 Å². The van der Waals surface area contributed by atoms with Crippen LogP contribution in [-0.2, 0) is 9.53 Å². The van der Waals surface area contributed by atoms with Gasteiger partial charge in [-0.3, -0.25) is 4.79 Å². The lowest BCUT2D eigenvalue weighted by atomic mass is 9.97. The number of carbonyl (C=O) groups excluding carboxylic acids is 1. The molecule has 0 spiro atoms. The first-order chi connectivity index (χ1) is 10.6. The molecule has 114 valence electrons. The molecule has 0 saturated heterocycles. The van der Waals surface area contributed by atoms with E-state index in [4.69, 9.17) is 9.47 Å². The van der Waals surface area contributed by atoms with Crippen LogP contribution in [0.25, 0.3) is 11.3 Å². The maximum absolute atomic E-state index is 13.5. The second kappa shape index (κ2) is 5.71. The summed E-state index contributed by atoms with van der Waals surface area (Å²) in [5, 5.41) is 0. The van der Waals surface area contributed by atoms with Crippen LogP contribution in [-0.4, -0.2) is 22.5 Å². The van der Waals surface area contributed by atoms with Gasteiger partial charge in [0.05, 0.1) is 18.7 Å². The lowest BCUT2D eigenvalue weighted by Gasteiger charge is -2.27. The Hall–Kier alpha value is -2.50. The number of rotatable bonds is 3. The summed E-state index contributed by atoms with van der Waals surface area (Å²) in [7, 11) is 0. The molecule has 5 nitrogen and oxygen atoms in total. The van der Waals surface area contributed by atoms with Crippen LogP contribution >= 0.6 is 0 Å². The Morgan fingerprint density at radius 3 is 3.05 bits per heavy atom. The fourth-order valence-electron chi connectivity index (χ4n) is 2.46. The number of ether oxygens (including phenoxy) is 2. The average Bonchev–Trinajstić information content (AvgIpc) is 2.48. The minimum Gasteiger partial charge on any atom is -0.484 e. The molecule has 0 amide bonds. The van der Waals surface area contributed by atoms with Crippen LogP contribution in [0.3, 0.4) is 0 Å².